The number of nitrogens with two attached hydrogens (primary N) is 1. The first kappa shape index (κ1) is 12.8. The first-order valence-corrected chi connectivity index (χ1v) is 5.75. The van der Waals surface area contributed by atoms with Gasteiger partial charge in [-0.3, -0.25) is 0 Å². The van der Waals surface area contributed by atoms with Crippen molar-refractivity contribution in [1.29, 1.82) is 0 Å². The van der Waals surface area contributed by atoms with E-state index >= 15 is 0 Å². The molecule has 1 aromatic rings. The predicted molar refractivity (Wildman–Crippen MR) is 65.7 cm³/mol. The molecule has 3 heteroatoms. The number of benzene rings is 1. The average Bonchev–Trinajstić information content (AvgIpc) is 2.27. The van der Waals surface area contributed by atoms with Crippen LogP contribution in [-0.4, -0.2) is 11.7 Å². The van der Waals surface area contributed by atoms with Crippen molar-refractivity contribution >= 4 is 0 Å². The summed E-state index contributed by atoms with van der Waals surface area (Å²) in [6.45, 7) is 6.86. The molecular weight excluding hydrogens is 202 g/mol. The van der Waals surface area contributed by atoms with Gasteiger partial charge >= 0.3 is 0 Å². The lowest BCUT2D eigenvalue weighted by atomic mass is 10.0. The van der Waals surface area contributed by atoms with Crippen molar-refractivity contribution in [3.05, 3.63) is 23.8 Å². The first-order valence-electron chi connectivity index (χ1n) is 5.75. The van der Waals surface area contributed by atoms with Crippen LogP contribution >= 0.6 is 0 Å². The van der Waals surface area contributed by atoms with Gasteiger partial charge in [-0.2, -0.15) is 0 Å². The molecule has 0 bridgehead atoms. The molecule has 1 aromatic carbocycles. The Morgan fingerprint density at radius 3 is 2.62 bits per heavy atom. The van der Waals surface area contributed by atoms with E-state index in [9.17, 15) is 5.11 Å². The second-order valence-electron chi connectivity index (χ2n) is 4.44. The summed E-state index contributed by atoms with van der Waals surface area (Å²) < 4.78 is 5.59. The van der Waals surface area contributed by atoms with Crippen LogP contribution < -0.4 is 10.5 Å². The summed E-state index contributed by atoms with van der Waals surface area (Å²) >= 11 is 0. The van der Waals surface area contributed by atoms with Gasteiger partial charge in [0, 0.05) is 11.6 Å². The van der Waals surface area contributed by atoms with Gasteiger partial charge < -0.3 is 15.6 Å². The van der Waals surface area contributed by atoms with E-state index in [0.717, 1.165) is 17.7 Å². The fourth-order valence-corrected chi connectivity index (χ4v) is 1.40. The first-order chi connectivity index (χ1) is 7.54. The molecule has 0 aliphatic rings. The van der Waals surface area contributed by atoms with Crippen molar-refractivity contribution < 1.29 is 9.84 Å². The highest BCUT2D eigenvalue weighted by Gasteiger charge is 2.10. The maximum absolute atomic E-state index is 9.68. The summed E-state index contributed by atoms with van der Waals surface area (Å²) in [5.41, 5.74) is 6.66. The highest BCUT2D eigenvalue weighted by atomic mass is 16.5. The van der Waals surface area contributed by atoms with Gasteiger partial charge in [0.05, 0.1) is 6.61 Å². The minimum absolute atomic E-state index is 0.136. The molecule has 0 saturated carbocycles. The topological polar surface area (TPSA) is 55.5 Å². The number of ether oxygens (including phenoxy) is 1. The molecule has 0 spiro atoms. The quantitative estimate of drug-likeness (QED) is 0.807. The molecule has 0 aliphatic heterocycles. The lowest BCUT2D eigenvalue weighted by Gasteiger charge is -2.14. The van der Waals surface area contributed by atoms with Crippen molar-refractivity contribution in [3.63, 3.8) is 0 Å². The molecule has 1 rings (SSSR count). The zero-order valence-corrected chi connectivity index (χ0v) is 10.2. The number of rotatable bonds is 5. The standard InChI is InChI=1S/C13H21NO2/c1-4-12(14)11-7-10(5-6-13(11)15)16-8-9(2)3/h5-7,9,12,15H,4,8,14H2,1-3H3. The Hall–Kier alpha value is -1.22. The minimum atomic E-state index is -0.136. The van der Waals surface area contributed by atoms with E-state index in [1.54, 1.807) is 12.1 Å². The fourth-order valence-electron chi connectivity index (χ4n) is 1.40. The maximum Gasteiger partial charge on any atom is 0.120 e. The number of hydrogen-bond donors (Lipinski definition) is 2. The van der Waals surface area contributed by atoms with Gasteiger partial charge in [-0.05, 0) is 30.5 Å². The fraction of sp³-hybridized carbons (Fsp3) is 0.538. The van der Waals surface area contributed by atoms with Crippen LogP contribution in [0, 0.1) is 5.92 Å². The maximum atomic E-state index is 9.68. The molecule has 0 fully saturated rings. The van der Waals surface area contributed by atoms with Gasteiger partial charge in [-0.1, -0.05) is 20.8 Å². The second kappa shape index (κ2) is 5.75. The lowest BCUT2D eigenvalue weighted by Crippen LogP contribution is -2.10. The Morgan fingerprint density at radius 2 is 2.06 bits per heavy atom. The van der Waals surface area contributed by atoms with Crippen LogP contribution in [0.1, 0.15) is 38.8 Å². The molecule has 0 heterocycles. The molecule has 3 nitrogen and oxygen atoms in total. The van der Waals surface area contributed by atoms with Gasteiger partial charge in [0.15, 0.2) is 0 Å². The lowest BCUT2D eigenvalue weighted by molar-refractivity contribution is 0.270. The van der Waals surface area contributed by atoms with E-state index in [-0.39, 0.29) is 11.8 Å². The van der Waals surface area contributed by atoms with Gasteiger partial charge in [-0.15, -0.1) is 0 Å². The van der Waals surface area contributed by atoms with E-state index in [1.165, 1.54) is 0 Å². The van der Waals surface area contributed by atoms with Crippen molar-refractivity contribution in [3.8, 4) is 11.5 Å². The van der Waals surface area contributed by atoms with E-state index in [2.05, 4.69) is 13.8 Å². The summed E-state index contributed by atoms with van der Waals surface area (Å²) in [5, 5.41) is 9.68. The third kappa shape index (κ3) is 3.42. The zero-order chi connectivity index (χ0) is 12.1. The normalized spacial score (nSPS) is 12.8. The van der Waals surface area contributed by atoms with Crippen LogP contribution in [0.4, 0.5) is 0 Å². The molecule has 0 amide bonds. The molecule has 0 aliphatic carbocycles. The third-order valence-electron chi connectivity index (χ3n) is 2.42. The predicted octanol–water partition coefficient (Wildman–Crippen LogP) is 2.84. The molecule has 1 atom stereocenters. The van der Waals surface area contributed by atoms with Crippen molar-refractivity contribution in [2.75, 3.05) is 6.61 Å². The van der Waals surface area contributed by atoms with Crippen molar-refractivity contribution in [2.45, 2.75) is 33.2 Å². The molecular formula is C13H21NO2. The average molecular weight is 223 g/mol. The Bertz CT molecular complexity index is 337. The number of phenolic OH excluding ortho intramolecular Hbond substituents is 1. The molecule has 0 radical (unpaired) electrons. The van der Waals surface area contributed by atoms with E-state index in [0.29, 0.717) is 12.5 Å². The molecule has 0 saturated heterocycles. The Labute approximate surface area is 97.2 Å². The monoisotopic (exact) mass is 223 g/mol. The van der Waals surface area contributed by atoms with Crippen LogP contribution in [0.15, 0.2) is 18.2 Å². The highest BCUT2D eigenvalue weighted by Crippen LogP contribution is 2.28. The van der Waals surface area contributed by atoms with Gasteiger partial charge in [0.25, 0.3) is 0 Å². The SMILES string of the molecule is CCC(N)c1cc(OCC(C)C)ccc1O. The number of aromatic hydroxyl groups is 1. The van der Waals surface area contributed by atoms with Crippen LogP contribution in [0.3, 0.4) is 0 Å². The summed E-state index contributed by atoms with van der Waals surface area (Å²) in [6.07, 6.45) is 0.793. The largest absolute Gasteiger partial charge is 0.508 e. The second-order valence-corrected chi connectivity index (χ2v) is 4.44. The summed E-state index contributed by atoms with van der Waals surface area (Å²) in [4.78, 5) is 0. The smallest absolute Gasteiger partial charge is 0.120 e. The summed E-state index contributed by atoms with van der Waals surface area (Å²) in [6, 6.07) is 5.10. The van der Waals surface area contributed by atoms with E-state index in [4.69, 9.17) is 10.5 Å². The Balaban J connectivity index is 2.81. The zero-order valence-electron chi connectivity index (χ0n) is 10.2. The molecule has 16 heavy (non-hydrogen) atoms. The van der Waals surface area contributed by atoms with Crippen LogP contribution in [-0.2, 0) is 0 Å². The van der Waals surface area contributed by atoms with Gasteiger partial charge in [-0.25, -0.2) is 0 Å². The van der Waals surface area contributed by atoms with Gasteiger partial charge in [0.1, 0.15) is 11.5 Å². The molecule has 1 unspecified atom stereocenters. The van der Waals surface area contributed by atoms with Crippen LogP contribution in [0.5, 0.6) is 11.5 Å². The Morgan fingerprint density at radius 1 is 1.38 bits per heavy atom. The molecule has 3 N–H and O–H groups in total. The highest BCUT2D eigenvalue weighted by molar-refractivity contribution is 5.41. The summed E-state index contributed by atoms with van der Waals surface area (Å²) in [5.74, 6) is 1.49. The van der Waals surface area contributed by atoms with Crippen molar-refractivity contribution in [2.24, 2.45) is 11.7 Å². The van der Waals surface area contributed by atoms with Gasteiger partial charge in [0.2, 0.25) is 0 Å². The Kier molecular flexibility index (Phi) is 4.62. The number of hydrogen-bond acceptors (Lipinski definition) is 3. The van der Waals surface area contributed by atoms with E-state index < -0.39 is 0 Å². The molecule has 0 aromatic heterocycles. The van der Waals surface area contributed by atoms with Crippen LogP contribution in [0.2, 0.25) is 0 Å². The van der Waals surface area contributed by atoms with Crippen molar-refractivity contribution in [1.82, 2.24) is 0 Å². The van der Waals surface area contributed by atoms with E-state index in [1.807, 2.05) is 13.0 Å². The van der Waals surface area contributed by atoms with Crippen LogP contribution in [0.25, 0.3) is 0 Å². The third-order valence-corrected chi connectivity index (χ3v) is 2.42. The number of phenols is 1. The minimum Gasteiger partial charge on any atom is -0.508 e. The molecule has 90 valence electrons. The summed E-state index contributed by atoms with van der Waals surface area (Å²) in [7, 11) is 0.